The molecule has 0 saturated carbocycles. The SMILES string of the molecule is CNS(=O)(=O)c1ccc(SC(N(C)C)=[N+](C)C)cc1. The van der Waals surface area contributed by atoms with Crippen LogP contribution >= 0.6 is 11.8 Å². The van der Waals surface area contributed by atoms with Gasteiger partial charge in [0.05, 0.1) is 33.1 Å². The van der Waals surface area contributed by atoms with Crippen LogP contribution in [-0.4, -0.2) is 58.3 Å². The molecule has 0 fully saturated rings. The van der Waals surface area contributed by atoms with E-state index in [1.54, 1.807) is 23.9 Å². The first-order chi connectivity index (χ1) is 8.77. The van der Waals surface area contributed by atoms with Gasteiger partial charge in [0.15, 0.2) is 0 Å². The minimum atomic E-state index is -3.36. The first-order valence-electron chi connectivity index (χ1n) is 5.71. The zero-order chi connectivity index (χ0) is 14.6. The van der Waals surface area contributed by atoms with Crippen LogP contribution in [0.2, 0.25) is 0 Å². The van der Waals surface area contributed by atoms with E-state index in [0.29, 0.717) is 0 Å². The lowest BCUT2D eigenvalue weighted by molar-refractivity contribution is -0.466. The fourth-order valence-electron chi connectivity index (χ4n) is 1.49. The second-order valence-corrected chi connectivity index (χ2v) is 7.28. The molecule has 0 aliphatic rings. The van der Waals surface area contributed by atoms with Crippen LogP contribution in [0.4, 0.5) is 0 Å². The summed E-state index contributed by atoms with van der Waals surface area (Å²) in [5, 5.41) is 1.07. The van der Waals surface area contributed by atoms with Gasteiger partial charge in [-0.1, -0.05) is 0 Å². The number of nitrogens with zero attached hydrogens (tertiary/aromatic N) is 2. The summed E-state index contributed by atoms with van der Waals surface area (Å²) in [6, 6.07) is 6.83. The van der Waals surface area contributed by atoms with Crippen molar-refractivity contribution in [3.8, 4) is 0 Å². The number of hydrogen-bond acceptors (Lipinski definition) is 3. The van der Waals surface area contributed by atoms with E-state index >= 15 is 0 Å². The van der Waals surface area contributed by atoms with Crippen molar-refractivity contribution >= 4 is 27.0 Å². The zero-order valence-electron chi connectivity index (χ0n) is 11.8. The smallest absolute Gasteiger partial charge is 0.261 e. The maximum absolute atomic E-state index is 11.6. The van der Waals surface area contributed by atoms with E-state index in [4.69, 9.17) is 0 Å². The highest BCUT2D eigenvalue weighted by molar-refractivity contribution is 8.13. The highest BCUT2D eigenvalue weighted by Gasteiger charge is 2.15. The number of amidine groups is 1. The third-order valence-corrected chi connectivity index (χ3v) is 5.23. The molecule has 1 N–H and O–H groups in total. The predicted molar refractivity (Wildman–Crippen MR) is 79.3 cm³/mol. The fraction of sp³-hybridized carbons (Fsp3) is 0.417. The van der Waals surface area contributed by atoms with Crippen molar-refractivity contribution < 1.29 is 13.0 Å². The van der Waals surface area contributed by atoms with Crippen molar-refractivity contribution in [3.63, 3.8) is 0 Å². The molecule has 0 spiro atoms. The Morgan fingerprint density at radius 2 is 1.74 bits per heavy atom. The van der Waals surface area contributed by atoms with Crippen molar-refractivity contribution in [2.24, 2.45) is 0 Å². The molecule has 0 unspecified atom stereocenters. The summed E-state index contributed by atoms with van der Waals surface area (Å²) in [5.41, 5.74) is 0. The Kier molecular flexibility index (Phi) is 5.39. The summed E-state index contributed by atoms with van der Waals surface area (Å²) in [6.07, 6.45) is 0. The Hall–Kier alpha value is -1.05. The second-order valence-electron chi connectivity index (χ2n) is 4.35. The molecule has 0 saturated heterocycles. The Morgan fingerprint density at radius 3 is 2.11 bits per heavy atom. The Bertz CT molecular complexity index is 559. The van der Waals surface area contributed by atoms with E-state index in [2.05, 4.69) is 4.72 Å². The van der Waals surface area contributed by atoms with Gasteiger partial charge in [-0.2, -0.15) is 0 Å². The van der Waals surface area contributed by atoms with Crippen molar-refractivity contribution in [1.29, 1.82) is 0 Å². The maximum Gasteiger partial charge on any atom is 0.312 e. The molecule has 0 aliphatic carbocycles. The van der Waals surface area contributed by atoms with E-state index in [0.717, 1.165) is 10.1 Å². The van der Waals surface area contributed by atoms with E-state index in [9.17, 15) is 8.42 Å². The molecule has 19 heavy (non-hydrogen) atoms. The standard InChI is InChI=1S/C12H20N3O2S2/c1-13-19(16,17)11-8-6-10(7-9-11)18-12(14(2)3)15(4)5/h6-9,13H,1-5H3/q+1. The summed E-state index contributed by atoms with van der Waals surface area (Å²) < 4.78 is 27.5. The van der Waals surface area contributed by atoms with Gasteiger partial charge in [0.25, 0.3) is 0 Å². The Morgan fingerprint density at radius 1 is 1.21 bits per heavy atom. The molecule has 1 aromatic carbocycles. The maximum atomic E-state index is 11.6. The van der Waals surface area contributed by atoms with Gasteiger partial charge in [-0.25, -0.2) is 13.1 Å². The topological polar surface area (TPSA) is 52.4 Å². The molecule has 1 aromatic rings. The van der Waals surface area contributed by atoms with Crippen LogP contribution in [0, 0.1) is 0 Å². The summed E-state index contributed by atoms with van der Waals surface area (Å²) in [6.45, 7) is 0. The molecular formula is C12H20N3O2S2+. The Labute approximate surface area is 119 Å². The Balaban J connectivity index is 2.98. The summed E-state index contributed by atoms with van der Waals surface area (Å²) in [5.74, 6) is 0. The van der Waals surface area contributed by atoms with E-state index in [-0.39, 0.29) is 4.90 Å². The van der Waals surface area contributed by atoms with Gasteiger partial charge in [-0.15, -0.1) is 0 Å². The van der Waals surface area contributed by atoms with Gasteiger partial charge in [-0.05, 0) is 43.1 Å². The molecule has 0 aliphatic heterocycles. The first-order valence-corrected chi connectivity index (χ1v) is 8.01. The molecule has 0 bridgehead atoms. The van der Waals surface area contributed by atoms with Crippen LogP contribution in [0.25, 0.3) is 0 Å². The van der Waals surface area contributed by atoms with Crippen molar-refractivity contribution in [2.75, 3.05) is 35.2 Å². The summed E-state index contributed by atoms with van der Waals surface area (Å²) >= 11 is 1.59. The predicted octanol–water partition coefficient (Wildman–Crippen LogP) is 0.876. The van der Waals surface area contributed by atoms with Crippen LogP contribution in [0.1, 0.15) is 0 Å². The zero-order valence-corrected chi connectivity index (χ0v) is 13.5. The minimum Gasteiger partial charge on any atom is -0.261 e. The highest BCUT2D eigenvalue weighted by Crippen LogP contribution is 2.22. The number of rotatable bonds is 3. The normalized spacial score (nSPS) is 11.2. The number of sulfonamides is 1. The van der Waals surface area contributed by atoms with Gasteiger partial charge in [0, 0.05) is 4.90 Å². The number of nitrogens with one attached hydrogen (secondary N) is 1. The van der Waals surface area contributed by atoms with Gasteiger partial charge in [0.1, 0.15) is 0 Å². The lowest BCUT2D eigenvalue weighted by atomic mass is 10.4. The van der Waals surface area contributed by atoms with E-state index in [1.807, 2.05) is 49.8 Å². The summed E-state index contributed by atoms with van der Waals surface area (Å²) in [4.78, 5) is 3.28. The van der Waals surface area contributed by atoms with Gasteiger partial charge < -0.3 is 0 Å². The third kappa shape index (κ3) is 4.22. The van der Waals surface area contributed by atoms with Crippen LogP contribution in [0.15, 0.2) is 34.1 Å². The molecular weight excluding hydrogens is 282 g/mol. The quantitative estimate of drug-likeness (QED) is 0.390. The van der Waals surface area contributed by atoms with Crippen LogP contribution in [0.3, 0.4) is 0 Å². The molecule has 0 aromatic heterocycles. The van der Waals surface area contributed by atoms with E-state index in [1.165, 1.54) is 7.05 Å². The minimum absolute atomic E-state index is 0.274. The highest BCUT2D eigenvalue weighted by atomic mass is 32.2. The largest absolute Gasteiger partial charge is 0.312 e. The van der Waals surface area contributed by atoms with Crippen LogP contribution in [0.5, 0.6) is 0 Å². The number of benzene rings is 1. The third-order valence-electron chi connectivity index (χ3n) is 2.38. The van der Waals surface area contributed by atoms with Gasteiger partial charge in [0.2, 0.25) is 10.0 Å². The lowest BCUT2D eigenvalue weighted by Crippen LogP contribution is -2.26. The molecule has 0 heterocycles. The van der Waals surface area contributed by atoms with Gasteiger partial charge in [-0.3, -0.25) is 9.48 Å². The average Bonchev–Trinajstić information content (AvgIpc) is 2.35. The first kappa shape index (κ1) is 16.0. The molecule has 0 amide bonds. The number of thioether (sulfide) groups is 1. The second kappa shape index (κ2) is 6.40. The monoisotopic (exact) mass is 302 g/mol. The molecule has 5 nitrogen and oxygen atoms in total. The van der Waals surface area contributed by atoms with Crippen molar-refractivity contribution in [2.45, 2.75) is 9.79 Å². The molecule has 106 valence electrons. The van der Waals surface area contributed by atoms with Crippen molar-refractivity contribution in [3.05, 3.63) is 24.3 Å². The molecule has 0 atom stereocenters. The number of hydrogen-bond donors (Lipinski definition) is 1. The van der Waals surface area contributed by atoms with Crippen LogP contribution in [-0.2, 0) is 10.0 Å². The van der Waals surface area contributed by atoms with Gasteiger partial charge >= 0.3 is 5.17 Å². The van der Waals surface area contributed by atoms with E-state index < -0.39 is 10.0 Å². The van der Waals surface area contributed by atoms with Crippen LogP contribution < -0.4 is 4.72 Å². The molecule has 0 radical (unpaired) electrons. The molecule has 1 rings (SSSR count). The fourth-order valence-corrected chi connectivity index (χ4v) is 3.07. The summed E-state index contributed by atoms with van der Waals surface area (Å²) in [7, 11) is 5.94. The lowest BCUT2D eigenvalue weighted by Gasteiger charge is -2.10. The van der Waals surface area contributed by atoms with Crippen molar-refractivity contribution in [1.82, 2.24) is 9.62 Å². The molecule has 7 heteroatoms. The average molecular weight is 302 g/mol.